The third-order valence-electron chi connectivity index (χ3n) is 3.74. The molecule has 0 saturated carbocycles. The molecule has 3 atom stereocenters. The monoisotopic (exact) mass is 272 g/mol. The van der Waals surface area contributed by atoms with Gasteiger partial charge in [0.25, 0.3) is 0 Å². The molecular weight excluding hydrogens is 252 g/mol. The molecule has 2 aliphatic heterocycles. The molecule has 0 aromatic heterocycles. The summed E-state index contributed by atoms with van der Waals surface area (Å²) in [5.41, 5.74) is 0. The number of aliphatic hydroxyl groups excluding tert-OH is 1. The van der Waals surface area contributed by atoms with Crippen molar-refractivity contribution in [2.45, 2.75) is 38.0 Å². The van der Waals surface area contributed by atoms with Gasteiger partial charge in [-0.05, 0) is 19.8 Å². The Hall–Kier alpha value is -1.34. The highest BCUT2D eigenvalue weighted by Crippen LogP contribution is 2.22. The molecular formula is C12H20N2O5. The standard InChI is InChI=1S/C12H20N2O5/c1-8-7-19-9(6-15)5-14(8)12(18)13-4-2-3-10(13)11(16)17/h8-10,15H,2-7H2,1H3,(H,16,17)/t8?,9?,10-/m1/s1. The van der Waals surface area contributed by atoms with Gasteiger partial charge in [-0.15, -0.1) is 0 Å². The first-order valence-corrected chi connectivity index (χ1v) is 6.57. The van der Waals surface area contributed by atoms with Crippen molar-refractivity contribution in [2.75, 3.05) is 26.3 Å². The van der Waals surface area contributed by atoms with Crippen LogP contribution in [0.25, 0.3) is 0 Å². The van der Waals surface area contributed by atoms with E-state index in [9.17, 15) is 9.59 Å². The van der Waals surface area contributed by atoms with Crippen LogP contribution < -0.4 is 0 Å². The molecule has 0 aromatic carbocycles. The highest BCUT2D eigenvalue weighted by atomic mass is 16.5. The van der Waals surface area contributed by atoms with Crippen LogP contribution in [0.15, 0.2) is 0 Å². The van der Waals surface area contributed by atoms with Gasteiger partial charge in [-0.1, -0.05) is 0 Å². The average Bonchev–Trinajstić information content (AvgIpc) is 2.88. The first kappa shape index (κ1) is 14.1. The number of hydrogen-bond donors (Lipinski definition) is 2. The fourth-order valence-electron chi connectivity index (χ4n) is 2.61. The van der Waals surface area contributed by atoms with E-state index in [1.165, 1.54) is 4.90 Å². The number of rotatable bonds is 2. The molecule has 2 heterocycles. The lowest BCUT2D eigenvalue weighted by Gasteiger charge is -2.40. The van der Waals surface area contributed by atoms with Gasteiger partial charge in [0.05, 0.1) is 31.9 Å². The predicted octanol–water partition coefficient (Wildman–Crippen LogP) is -0.263. The Bertz CT molecular complexity index is 362. The normalized spacial score (nSPS) is 31.6. The van der Waals surface area contributed by atoms with Gasteiger partial charge in [-0.25, -0.2) is 9.59 Å². The highest BCUT2D eigenvalue weighted by Gasteiger charge is 2.39. The summed E-state index contributed by atoms with van der Waals surface area (Å²) in [5.74, 6) is -0.953. The maximum absolute atomic E-state index is 12.4. The molecule has 7 heteroatoms. The second-order valence-electron chi connectivity index (χ2n) is 5.11. The number of carbonyl (C=O) groups is 2. The number of aliphatic hydroxyl groups is 1. The average molecular weight is 272 g/mol. The van der Waals surface area contributed by atoms with Crippen LogP contribution >= 0.6 is 0 Å². The van der Waals surface area contributed by atoms with Gasteiger partial charge in [0.15, 0.2) is 0 Å². The topological polar surface area (TPSA) is 90.3 Å². The van der Waals surface area contributed by atoms with Crippen molar-refractivity contribution in [3.63, 3.8) is 0 Å². The van der Waals surface area contributed by atoms with Crippen LogP contribution in [0.3, 0.4) is 0 Å². The first-order chi connectivity index (χ1) is 9.04. The summed E-state index contributed by atoms with van der Waals surface area (Å²) in [5, 5.41) is 18.2. The number of carboxylic acid groups (broad SMARTS) is 1. The van der Waals surface area contributed by atoms with Crippen molar-refractivity contribution in [3.05, 3.63) is 0 Å². The van der Waals surface area contributed by atoms with Crippen molar-refractivity contribution in [3.8, 4) is 0 Å². The molecule has 108 valence electrons. The quantitative estimate of drug-likeness (QED) is 0.722. The van der Waals surface area contributed by atoms with Gasteiger partial charge in [0, 0.05) is 6.54 Å². The Morgan fingerprint density at radius 2 is 2.11 bits per heavy atom. The lowest BCUT2D eigenvalue weighted by Crippen LogP contribution is -2.57. The van der Waals surface area contributed by atoms with Gasteiger partial charge in [0.1, 0.15) is 6.04 Å². The number of nitrogens with zero attached hydrogens (tertiary/aromatic N) is 2. The minimum Gasteiger partial charge on any atom is -0.480 e. The molecule has 2 unspecified atom stereocenters. The number of aliphatic carboxylic acids is 1. The Labute approximate surface area is 111 Å². The van der Waals surface area contributed by atoms with Crippen molar-refractivity contribution < 1.29 is 24.5 Å². The van der Waals surface area contributed by atoms with Crippen LogP contribution in [0.5, 0.6) is 0 Å². The highest BCUT2D eigenvalue weighted by molar-refractivity contribution is 5.83. The molecule has 2 saturated heterocycles. The van der Waals surface area contributed by atoms with Gasteiger partial charge < -0.3 is 24.7 Å². The second-order valence-corrected chi connectivity index (χ2v) is 5.11. The van der Waals surface area contributed by atoms with E-state index in [4.69, 9.17) is 14.9 Å². The first-order valence-electron chi connectivity index (χ1n) is 6.57. The Kier molecular flexibility index (Phi) is 4.26. The summed E-state index contributed by atoms with van der Waals surface area (Å²) < 4.78 is 5.38. The number of morpholine rings is 1. The van der Waals surface area contributed by atoms with E-state index in [2.05, 4.69) is 0 Å². The third-order valence-corrected chi connectivity index (χ3v) is 3.74. The molecule has 7 nitrogen and oxygen atoms in total. The fraction of sp³-hybridized carbons (Fsp3) is 0.833. The zero-order valence-corrected chi connectivity index (χ0v) is 11.0. The summed E-state index contributed by atoms with van der Waals surface area (Å²) in [7, 11) is 0. The number of carbonyl (C=O) groups excluding carboxylic acids is 1. The third kappa shape index (κ3) is 2.82. The lowest BCUT2D eigenvalue weighted by atomic mass is 10.2. The minimum absolute atomic E-state index is 0.106. The molecule has 0 radical (unpaired) electrons. The minimum atomic E-state index is -0.953. The molecule has 2 rings (SSSR count). The number of amides is 2. The molecule has 2 aliphatic rings. The Morgan fingerprint density at radius 1 is 1.37 bits per heavy atom. The number of likely N-dealkylation sites (tertiary alicyclic amines) is 1. The van der Waals surface area contributed by atoms with Gasteiger partial charge >= 0.3 is 12.0 Å². The van der Waals surface area contributed by atoms with E-state index in [1.807, 2.05) is 6.92 Å². The summed E-state index contributed by atoms with van der Waals surface area (Å²) in [6, 6.07) is -1.10. The molecule has 0 bridgehead atoms. The molecule has 0 spiro atoms. The van der Waals surface area contributed by atoms with E-state index in [-0.39, 0.29) is 24.8 Å². The van der Waals surface area contributed by atoms with E-state index in [0.29, 0.717) is 32.5 Å². The number of urea groups is 1. The smallest absolute Gasteiger partial charge is 0.326 e. The maximum Gasteiger partial charge on any atom is 0.326 e. The zero-order valence-electron chi connectivity index (χ0n) is 11.0. The van der Waals surface area contributed by atoms with E-state index < -0.39 is 12.0 Å². The molecule has 2 N–H and O–H groups in total. The van der Waals surface area contributed by atoms with Gasteiger partial charge in [-0.2, -0.15) is 0 Å². The summed E-state index contributed by atoms with van der Waals surface area (Å²) in [6.07, 6.45) is 0.833. The summed E-state index contributed by atoms with van der Waals surface area (Å²) >= 11 is 0. The molecule has 0 aliphatic carbocycles. The van der Waals surface area contributed by atoms with E-state index in [1.54, 1.807) is 4.90 Å². The van der Waals surface area contributed by atoms with Crippen LogP contribution in [-0.4, -0.2) is 76.5 Å². The SMILES string of the molecule is CC1COC(CO)CN1C(=O)N1CCC[C@@H]1C(=O)O. The lowest BCUT2D eigenvalue weighted by molar-refractivity contribution is -0.141. The van der Waals surface area contributed by atoms with Gasteiger partial charge in [0.2, 0.25) is 0 Å². The van der Waals surface area contributed by atoms with Crippen LogP contribution in [0.4, 0.5) is 4.79 Å². The molecule has 19 heavy (non-hydrogen) atoms. The largest absolute Gasteiger partial charge is 0.480 e. The fourth-order valence-corrected chi connectivity index (χ4v) is 2.61. The predicted molar refractivity (Wildman–Crippen MR) is 65.8 cm³/mol. The van der Waals surface area contributed by atoms with E-state index in [0.717, 1.165) is 0 Å². The number of carboxylic acids is 1. The molecule has 2 amide bonds. The van der Waals surface area contributed by atoms with Crippen LogP contribution in [0, 0.1) is 0 Å². The zero-order chi connectivity index (χ0) is 14.0. The maximum atomic E-state index is 12.4. The number of hydrogen-bond acceptors (Lipinski definition) is 4. The molecule has 2 fully saturated rings. The van der Waals surface area contributed by atoms with Crippen molar-refractivity contribution >= 4 is 12.0 Å². The Morgan fingerprint density at radius 3 is 2.74 bits per heavy atom. The second kappa shape index (κ2) is 5.75. The van der Waals surface area contributed by atoms with Crippen molar-refractivity contribution in [2.24, 2.45) is 0 Å². The van der Waals surface area contributed by atoms with Crippen molar-refractivity contribution in [1.82, 2.24) is 9.80 Å². The summed E-state index contributed by atoms with van der Waals surface area (Å²) in [4.78, 5) is 26.6. The van der Waals surface area contributed by atoms with Crippen LogP contribution in [0.1, 0.15) is 19.8 Å². The molecule has 0 aromatic rings. The van der Waals surface area contributed by atoms with Crippen LogP contribution in [0.2, 0.25) is 0 Å². The van der Waals surface area contributed by atoms with Gasteiger partial charge in [-0.3, -0.25) is 0 Å². The van der Waals surface area contributed by atoms with Crippen molar-refractivity contribution in [1.29, 1.82) is 0 Å². The van der Waals surface area contributed by atoms with E-state index >= 15 is 0 Å². The Balaban J connectivity index is 2.07. The summed E-state index contributed by atoms with van der Waals surface area (Å²) in [6.45, 7) is 2.86. The number of ether oxygens (including phenoxy) is 1. The van der Waals surface area contributed by atoms with Crippen LogP contribution in [-0.2, 0) is 9.53 Å².